The smallest absolute Gasteiger partial charge is 0.267 e. The van der Waals surface area contributed by atoms with Crippen LogP contribution in [-0.2, 0) is 6.54 Å². The summed E-state index contributed by atoms with van der Waals surface area (Å²) >= 11 is 4.79. The number of thiazole rings is 1. The van der Waals surface area contributed by atoms with Gasteiger partial charge in [0.25, 0.3) is 5.56 Å². The number of anilines is 1. The van der Waals surface area contributed by atoms with Gasteiger partial charge in [0.2, 0.25) is 0 Å². The Morgan fingerprint density at radius 1 is 1.56 bits per heavy atom. The number of rotatable bonds is 3. The minimum Gasteiger partial charge on any atom is -0.362 e. The van der Waals surface area contributed by atoms with Gasteiger partial charge in [-0.25, -0.2) is 9.97 Å². The van der Waals surface area contributed by atoms with Gasteiger partial charge in [0.15, 0.2) is 0 Å². The third kappa shape index (κ3) is 2.48. The molecule has 0 amide bonds. The number of H-pyrrole nitrogens is 1. The van der Waals surface area contributed by atoms with Gasteiger partial charge in [0.1, 0.15) is 15.3 Å². The molecule has 0 aliphatic carbocycles. The summed E-state index contributed by atoms with van der Waals surface area (Å²) in [4.78, 5) is 23.1. The highest BCUT2D eigenvalue weighted by Gasteiger charge is 2.05. The Morgan fingerprint density at radius 3 is 3.06 bits per heavy atom. The van der Waals surface area contributed by atoms with Crippen molar-refractivity contribution in [3.8, 4) is 0 Å². The van der Waals surface area contributed by atoms with Crippen molar-refractivity contribution < 1.29 is 0 Å². The molecule has 0 aliphatic heterocycles. The van der Waals surface area contributed by atoms with Crippen molar-refractivity contribution >= 4 is 33.1 Å². The molecule has 0 saturated carbocycles. The number of nitrogens with one attached hydrogen (secondary N) is 2. The zero-order valence-corrected chi connectivity index (χ0v) is 10.9. The number of hydrogen-bond acceptors (Lipinski definition) is 5. The molecule has 2 heterocycles. The minimum absolute atomic E-state index is 0.201. The summed E-state index contributed by atoms with van der Waals surface area (Å²) in [7, 11) is 0. The van der Waals surface area contributed by atoms with E-state index in [9.17, 15) is 4.79 Å². The van der Waals surface area contributed by atoms with Crippen LogP contribution in [0.2, 0.25) is 0 Å². The standard InChI is InChI=1S/C9H9BrN4OS/c1-5-2-11-6(16-5)3-12-8-7(10)9(15)14-4-13-8/h2,4H,3H2,1H3,(H2,12,13,14,15). The summed E-state index contributed by atoms with van der Waals surface area (Å²) in [6.07, 6.45) is 3.18. The van der Waals surface area contributed by atoms with Crippen molar-refractivity contribution in [2.45, 2.75) is 13.5 Å². The van der Waals surface area contributed by atoms with Crippen molar-refractivity contribution in [1.82, 2.24) is 15.0 Å². The summed E-state index contributed by atoms with van der Waals surface area (Å²) in [5.41, 5.74) is -0.201. The SMILES string of the molecule is Cc1cnc(CNc2nc[nH]c(=O)c2Br)s1. The Bertz CT molecular complexity index is 550. The molecule has 5 nitrogen and oxygen atoms in total. The van der Waals surface area contributed by atoms with Crippen LogP contribution in [0.3, 0.4) is 0 Å². The first kappa shape index (κ1) is 11.3. The topological polar surface area (TPSA) is 70.7 Å². The van der Waals surface area contributed by atoms with Crippen LogP contribution in [0.15, 0.2) is 21.8 Å². The van der Waals surface area contributed by atoms with Gasteiger partial charge in [0, 0.05) is 11.1 Å². The summed E-state index contributed by atoms with van der Waals surface area (Å²) in [5, 5.41) is 4.02. The number of aromatic nitrogens is 3. The van der Waals surface area contributed by atoms with E-state index < -0.39 is 0 Å². The fourth-order valence-electron chi connectivity index (χ4n) is 1.15. The van der Waals surface area contributed by atoms with Crippen molar-refractivity contribution in [2.75, 3.05) is 5.32 Å². The zero-order valence-electron chi connectivity index (χ0n) is 8.45. The normalized spacial score (nSPS) is 10.4. The van der Waals surface area contributed by atoms with E-state index in [4.69, 9.17) is 0 Å². The van der Waals surface area contributed by atoms with Gasteiger partial charge in [-0.1, -0.05) is 0 Å². The fourth-order valence-corrected chi connectivity index (χ4v) is 2.23. The largest absolute Gasteiger partial charge is 0.362 e. The Labute approximate surface area is 104 Å². The molecule has 2 aromatic rings. The van der Waals surface area contributed by atoms with E-state index in [0.717, 1.165) is 9.88 Å². The van der Waals surface area contributed by atoms with E-state index in [-0.39, 0.29) is 5.56 Å². The van der Waals surface area contributed by atoms with E-state index in [1.165, 1.54) is 6.33 Å². The van der Waals surface area contributed by atoms with Crippen LogP contribution in [-0.4, -0.2) is 15.0 Å². The van der Waals surface area contributed by atoms with Crippen LogP contribution in [0.25, 0.3) is 0 Å². The van der Waals surface area contributed by atoms with Crippen LogP contribution in [0.1, 0.15) is 9.88 Å². The molecule has 7 heteroatoms. The van der Waals surface area contributed by atoms with Gasteiger partial charge in [-0.15, -0.1) is 11.3 Å². The Hall–Kier alpha value is -1.21. The number of aryl methyl sites for hydroxylation is 1. The second kappa shape index (κ2) is 4.75. The number of hydrogen-bond donors (Lipinski definition) is 2. The van der Waals surface area contributed by atoms with Gasteiger partial charge in [-0.05, 0) is 22.9 Å². The molecular weight excluding hydrogens is 292 g/mol. The molecule has 2 aromatic heterocycles. The average molecular weight is 301 g/mol. The van der Waals surface area contributed by atoms with Crippen LogP contribution in [0.4, 0.5) is 5.82 Å². The van der Waals surface area contributed by atoms with Crippen molar-refractivity contribution in [2.24, 2.45) is 0 Å². The Kier molecular flexibility index (Phi) is 3.35. The number of halogens is 1. The highest BCUT2D eigenvalue weighted by molar-refractivity contribution is 9.10. The lowest BCUT2D eigenvalue weighted by molar-refractivity contribution is 1.03. The van der Waals surface area contributed by atoms with E-state index in [2.05, 4.69) is 36.2 Å². The monoisotopic (exact) mass is 300 g/mol. The minimum atomic E-state index is -0.201. The second-order valence-corrected chi connectivity index (χ2v) is 5.22. The summed E-state index contributed by atoms with van der Waals surface area (Å²) < 4.78 is 0.406. The molecule has 0 fully saturated rings. The Morgan fingerprint density at radius 2 is 2.38 bits per heavy atom. The van der Waals surface area contributed by atoms with Crippen molar-refractivity contribution in [3.05, 3.63) is 37.2 Å². The molecule has 0 radical (unpaired) electrons. The van der Waals surface area contributed by atoms with Gasteiger partial charge in [0.05, 0.1) is 12.9 Å². The maximum absolute atomic E-state index is 11.3. The van der Waals surface area contributed by atoms with Crippen LogP contribution in [0, 0.1) is 6.92 Å². The second-order valence-electron chi connectivity index (χ2n) is 3.11. The predicted molar refractivity (Wildman–Crippen MR) is 66.7 cm³/mol. The summed E-state index contributed by atoms with van der Waals surface area (Å²) in [6.45, 7) is 2.57. The molecular formula is C9H9BrN4OS. The third-order valence-corrected chi connectivity index (χ3v) is 3.52. The molecule has 0 aliphatic rings. The quantitative estimate of drug-likeness (QED) is 0.908. The van der Waals surface area contributed by atoms with Gasteiger partial charge >= 0.3 is 0 Å². The lowest BCUT2D eigenvalue weighted by atomic mass is 10.5. The van der Waals surface area contributed by atoms with Crippen molar-refractivity contribution in [1.29, 1.82) is 0 Å². The summed E-state index contributed by atoms with van der Waals surface area (Å²) in [6, 6.07) is 0. The van der Waals surface area contributed by atoms with E-state index >= 15 is 0 Å². The first-order valence-corrected chi connectivity index (χ1v) is 6.16. The molecule has 0 bridgehead atoms. The van der Waals surface area contributed by atoms with Crippen LogP contribution < -0.4 is 10.9 Å². The average Bonchev–Trinajstić information content (AvgIpc) is 2.67. The molecule has 2 N–H and O–H groups in total. The highest BCUT2D eigenvalue weighted by Crippen LogP contribution is 2.16. The Balaban J connectivity index is 2.10. The lowest BCUT2D eigenvalue weighted by Crippen LogP contribution is -2.11. The molecule has 0 atom stereocenters. The zero-order chi connectivity index (χ0) is 11.5. The van der Waals surface area contributed by atoms with Crippen LogP contribution in [0.5, 0.6) is 0 Å². The first-order valence-electron chi connectivity index (χ1n) is 4.55. The van der Waals surface area contributed by atoms with Gasteiger partial charge in [-0.2, -0.15) is 0 Å². The number of nitrogens with zero attached hydrogens (tertiary/aromatic N) is 2. The van der Waals surface area contributed by atoms with Crippen molar-refractivity contribution in [3.63, 3.8) is 0 Å². The molecule has 16 heavy (non-hydrogen) atoms. The molecule has 0 spiro atoms. The summed E-state index contributed by atoms with van der Waals surface area (Å²) in [5.74, 6) is 0.525. The fraction of sp³-hybridized carbons (Fsp3) is 0.222. The predicted octanol–water partition coefficient (Wildman–Crippen LogP) is 1.91. The molecule has 84 valence electrons. The van der Waals surface area contributed by atoms with Gasteiger partial charge < -0.3 is 10.3 Å². The maximum atomic E-state index is 11.3. The van der Waals surface area contributed by atoms with E-state index in [0.29, 0.717) is 16.8 Å². The highest BCUT2D eigenvalue weighted by atomic mass is 79.9. The molecule has 0 aromatic carbocycles. The number of aromatic amines is 1. The first-order chi connectivity index (χ1) is 7.66. The van der Waals surface area contributed by atoms with Crippen LogP contribution >= 0.6 is 27.3 Å². The molecule has 2 rings (SSSR count). The molecule has 0 unspecified atom stereocenters. The van der Waals surface area contributed by atoms with E-state index in [1.807, 2.05) is 13.1 Å². The van der Waals surface area contributed by atoms with E-state index in [1.54, 1.807) is 11.3 Å². The van der Waals surface area contributed by atoms with Gasteiger partial charge in [-0.3, -0.25) is 4.79 Å². The maximum Gasteiger partial charge on any atom is 0.267 e. The lowest BCUT2D eigenvalue weighted by Gasteiger charge is -2.03. The third-order valence-electron chi connectivity index (χ3n) is 1.87. The molecule has 0 saturated heterocycles.